The summed E-state index contributed by atoms with van der Waals surface area (Å²) in [4.78, 5) is 0. The number of rotatable bonds is 5. The number of halogens is 3. The van der Waals surface area contributed by atoms with Gasteiger partial charge in [-0.2, -0.15) is 8.78 Å². The molecule has 0 atom stereocenters. The van der Waals surface area contributed by atoms with Crippen LogP contribution >= 0.6 is 15.9 Å². The summed E-state index contributed by atoms with van der Waals surface area (Å²) in [7, 11) is 0. The molecule has 2 aromatic rings. The summed E-state index contributed by atoms with van der Waals surface area (Å²) in [5, 5.41) is 3.20. The highest BCUT2D eigenvalue weighted by Gasteiger charge is 2.03. The SMILES string of the molecule is FC(F)Oc1ccc(NCc2cccc(Br)c2)cc1. The molecule has 100 valence electrons. The quantitative estimate of drug-likeness (QED) is 0.862. The van der Waals surface area contributed by atoms with E-state index in [9.17, 15) is 8.78 Å². The van der Waals surface area contributed by atoms with Gasteiger partial charge in [0, 0.05) is 16.7 Å². The molecule has 0 bridgehead atoms. The summed E-state index contributed by atoms with van der Waals surface area (Å²) >= 11 is 3.41. The van der Waals surface area contributed by atoms with E-state index in [4.69, 9.17) is 0 Å². The Labute approximate surface area is 118 Å². The van der Waals surface area contributed by atoms with E-state index in [-0.39, 0.29) is 5.75 Å². The fourth-order valence-electron chi connectivity index (χ4n) is 1.61. The summed E-state index contributed by atoms with van der Waals surface area (Å²) in [6.07, 6.45) is 0. The van der Waals surface area contributed by atoms with E-state index < -0.39 is 6.61 Å². The lowest BCUT2D eigenvalue weighted by Crippen LogP contribution is -2.02. The fourth-order valence-corrected chi connectivity index (χ4v) is 2.05. The largest absolute Gasteiger partial charge is 0.435 e. The molecule has 0 saturated carbocycles. The van der Waals surface area contributed by atoms with E-state index in [1.165, 1.54) is 12.1 Å². The van der Waals surface area contributed by atoms with E-state index in [1.54, 1.807) is 12.1 Å². The van der Waals surface area contributed by atoms with Crippen LogP contribution in [0.1, 0.15) is 5.56 Å². The van der Waals surface area contributed by atoms with Gasteiger partial charge in [-0.05, 0) is 42.0 Å². The van der Waals surface area contributed by atoms with Crippen molar-refractivity contribution < 1.29 is 13.5 Å². The van der Waals surface area contributed by atoms with Crippen molar-refractivity contribution in [2.24, 2.45) is 0 Å². The lowest BCUT2D eigenvalue weighted by molar-refractivity contribution is -0.0498. The predicted molar refractivity (Wildman–Crippen MR) is 74.5 cm³/mol. The second-order valence-electron chi connectivity index (χ2n) is 3.89. The lowest BCUT2D eigenvalue weighted by Gasteiger charge is -2.08. The summed E-state index contributed by atoms with van der Waals surface area (Å²) in [5.41, 5.74) is 1.98. The first kappa shape index (κ1) is 13.8. The van der Waals surface area contributed by atoms with Crippen LogP contribution in [0.5, 0.6) is 5.75 Å². The average molecular weight is 328 g/mol. The molecule has 0 aromatic heterocycles. The van der Waals surface area contributed by atoms with Crippen molar-refractivity contribution in [3.05, 3.63) is 58.6 Å². The smallest absolute Gasteiger partial charge is 0.387 e. The molecular formula is C14H12BrF2NO. The Morgan fingerprint density at radius 3 is 2.47 bits per heavy atom. The topological polar surface area (TPSA) is 21.3 Å². The summed E-state index contributed by atoms with van der Waals surface area (Å²) < 4.78 is 29.3. The van der Waals surface area contributed by atoms with Crippen molar-refractivity contribution in [2.45, 2.75) is 13.2 Å². The highest BCUT2D eigenvalue weighted by molar-refractivity contribution is 9.10. The van der Waals surface area contributed by atoms with Gasteiger partial charge in [-0.25, -0.2) is 0 Å². The minimum atomic E-state index is -2.79. The molecule has 2 nitrogen and oxygen atoms in total. The van der Waals surface area contributed by atoms with E-state index in [0.717, 1.165) is 15.7 Å². The number of nitrogens with one attached hydrogen (secondary N) is 1. The third-order valence-corrected chi connectivity index (χ3v) is 2.96. The van der Waals surface area contributed by atoms with Crippen LogP contribution in [0.15, 0.2) is 53.0 Å². The monoisotopic (exact) mass is 327 g/mol. The van der Waals surface area contributed by atoms with Gasteiger partial charge in [0.25, 0.3) is 0 Å². The molecular weight excluding hydrogens is 316 g/mol. The van der Waals surface area contributed by atoms with Crippen LogP contribution in [0, 0.1) is 0 Å². The Balaban J connectivity index is 1.93. The number of hydrogen-bond acceptors (Lipinski definition) is 2. The predicted octanol–water partition coefficient (Wildman–Crippen LogP) is 4.66. The van der Waals surface area contributed by atoms with Crippen LogP contribution in [0.3, 0.4) is 0 Å². The van der Waals surface area contributed by atoms with Gasteiger partial charge >= 0.3 is 6.61 Å². The molecule has 0 heterocycles. The number of alkyl halides is 2. The van der Waals surface area contributed by atoms with Crippen molar-refractivity contribution in [3.63, 3.8) is 0 Å². The molecule has 2 aromatic carbocycles. The molecule has 19 heavy (non-hydrogen) atoms. The number of anilines is 1. The highest BCUT2D eigenvalue weighted by Crippen LogP contribution is 2.19. The Hall–Kier alpha value is -1.62. The van der Waals surface area contributed by atoms with Gasteiger partial charge in [-0.15, -0.1) is 0 Å². The Kier molecular flexibility index (Phi) is 4.74. The summed E-state index contributed by atoms with van der Waals surface area (Å²) in [6, 6.07) is 14.4. The van der Waals surface area contributed by atoms with Gasteiger partial charge < -0.3 is 10.1 Å². The van der Waals surface area contributed by atoms with Crippen LogP contribution < -0.4 is 10.1 Å². The molecule has 0 radical (unpaired) electrons. The molecule has 0 aliphatic rings. The van der Waals surface area contributed by atoms with Gasteiger partial charge in [0.1, 0.15) is 5.75 Å². The second-order valence-corrected chi connectivity index (χ2v) is 4.80. The molecule has 2 rings (SSSR count). The van der Waals surface area contributed by atoms with Gasteiger partial charge in [-0.1, -0.05) is 28.1 Å². The van der Waals surface area contributed by atoms with Crippen molar-refractivity contribution >= 4 is 21.6 Å². The van der Waals surface area contributed by atoms with Crippen LogP contribution in [-0.2, 0) is 6.54 Å². The maximum absolute atomic E-state index is 12.0. The first-order valence-corrected chi connectivity index (χ1v) is 6.46. The van der Waals surface area contributed by atoms with Crippen molar-refractivity contribution in [3.8, 4) is 5.75 Å². The molecule has 0 fully saturated rings. The normalized spacial score (nSPS) is 10.5. The van der Waals surface area contributed by atoms with Crippen LogP contribution in [0.4, 0.5) is 14.5 Å². The van der Waals surface area contributed by atoms with Crippen LogP contribution in [0.2, 0.25) is 0 Å². The maximum atomic E-state index is 12.0. The van der Waals surface area contributed by atoms with E-state index in [2.05, 4.69) is 26.0 Å². The number of ether oxygens (including phenoxy) is 1. The zero-order valence-electron chi connectivity index (χ0n) is 9.95. The molecule has 0 aliphatic heterocycles. The standard InChI is InChI=1S/C14H12BrF2NO/c15-11-3-1-2-10(8-11)9-18-12-4-6-13(7-5-12)19-14(16)17/h1-8,14,18H,9H2. The van der Waals surface area contributed by atoms with E-state index in [1.807, 2.05) is 24.3 Å². The molecule has 5 heteroatoms. The minimum absolute atomic E-state index is 0.156. The second kappa shape index (κ2) is 6.52. The first-order chi connectivity index (χ1) is 9.13. The first-order valence-electron chi connectivity index (χ1n) is 5.67. The van der Waals surface area contributed by atoms with Crippen LogP contribution in [0.25, 0.3) is 0 Å². The molecule has 0 amide bonds. The molecule has 0 spiro atoms. The van der Waals surface area contributed by atoms with E-state index >= 15 is 0 Å². The zero-order chi connectivity index (χ0) is 13.7. The van der Waals surface area contributed by atoms with Gasteiger partial charge in [0.05, 0.1) is 0 Å². The Bertz CT molecular complexity index is 531. The highest BCUT2D eigenvalue weighted by atomic mass is 79.9. The number of benzene rings is 2. The molecule has 0 unspecified atom stereocenters. The van der Waals surface area contributed by atoms with Crippen molar-refractivity contribution in [2.75, 3.05) is 5.32 Å². The van der Waals surface area contributed by atoms with E-state index in [0.29, 0.717) is 6.54 Å². The van der Waals surface area contributed by atoms with Gasteiger partial charge in [0.2, 0.25) is 0 Å². The average Bonchev–Trinajstić information content (AvgIpc) is 2.37. The third kappa shape index (κ3) is 4.52. The maximum Gasteiger partial charge on any atom is 0.387 e. The third-order valence-electron chi connectivity index (χ3n) is 2.47. The zero-order valence-corrected chi connectivity index (χ0v) is 11.5. The van der Waals surface area contributed by atoms with Crippen molar-refractivity contribution in [1.82, 2.24) is 0 Å². The fraction of sp³-hybridized carbons (Fsp3) is 0.143. The van der Waals surface area contributed by atoms with Gasteiger partial charge in [-0.3, -0.25) is 0 Å². The van der Waals surface area contributed by atoms with Gasteiger partial charge in [0.15, 0.2) is 0 Å². The Morgan fingerprint density at radius 1 is 1.11 bits per heavy atom. The molecule has 0 saturated heterocycles. The molecule has 0 aliphatic carbocycles. The van der Waals surface area contributed by atoms with Crippen LogP contribution in [-0.4, -0.2) is 6.61 Å². The van der Waals surface area contributed by atoms with Crippen molar-refractivity contribution in [1.29, 1.82) is 0 Å². The lowest BCUT2D eigenvalue weighted by atomic mass is 10.2. The molecule has 1 N–H and O–H groups in total. The summed E-state index contributed by atoms with van der Waals surface area (Å²) in [5.74, 6) is 0.156. The number of hydrogen-bond donors (Lipinski definition) is 1. The summed E-state index contributed by atoms with van der Waals surface area (Å²) in [6.45, 7) is -2.13. The Morgan fingerprint density at radius 2 is 1.84 bits per heavy atom. The minimum Gasteiger partial charge on any atom is -0.435 e.